The zero-order valence-electron chi connectivity index (χ0n) is 56.8. The van der Waals surface area contributed by atoms with Gasteiger partial charge < -0.3 is 45.9 Å². The molecule has 10 heterocycles. The van der Waals surface area contributed by atoms with Crippen molar-refractivity contribution in [1.29, 1.82) is 0 Å². The van der Waals surface area contributed by atoms with Crippen molar-refractivity contribution in [1.82, 2.24) is 51.2 Å². The number of pyridine rings is 4. The lowest BCUT2D eigenvalue weighted by Crippen LogP contribution is -2.29. The van der Waals surface area contributed by atoms with Gasteiger partial charge in [-0.3, -0.25) is 49.2 Å². The molecule has 26 nitrogen and oxygen atoms in total. The maximum atomic E-state index is 12.9. The summed E-state index contributed by atoms with van der Waals surface area (Å²) in [6.45, 7) is 5.35. The number of benzene rings is 5. The van der Waals surface area contributed by atoms with E-state index in [4.69, 9.17) is 48.8 Å². The standard InChI is InChI=1S/C25H19N5O2.C20H19N5O3.C15H11N5O.C10H10O2.C5H6BNO2.CH2Cl2.ClH/c31-24(18-12-17(18)14-4-2-1-3-5-14)28-16-10-19-22-20(13-27-30-25(19)32)23(29-21(22)11-16)15-6-8-26-9-7-15;1-20(2,3)28-19(27)23-12-8-13-16-14(10-22-25-18(13)26)17(24-15(16)9-12)11-4-6-21-7-5-11;16-9-5-10-13-11(7-18-20-15(10)21)14(19-12(13)6-9)8-1-3-17-4-2-8;11-10(12)9-6-8(9)7-4-2-1-3-5-7;8-6(9)5-1-3-7-4-2-5;2-1-3;/h1-11,13,17-18,29H,12H2,(H,28,31)(H,30,32);4-10,24H,1-3H3,(H,23,27)(H,25,26);1-7,19H,16H2,(H,20,21);1-5,8-9H,6H2,(H,11,12);1-4,8-9H;1H2;1H/t17-,18+;;;8-,9?;;;/m0..0.../s1. The fraction of sp³-hybridized carbons (Fsp3) is 0.145. The first-order chi connectivity index (χ1) is 50.7. The molecule has 3 aliphatic heterocycles. The number of nitrogen functional groups attached to an aromatic ring is 1. The van der Waals surface area contributed by atoms with Crippen molar-refractivity contribution in [2.24, 2.45) is 27.1 Å². The fourth-order valence-corrected chi connectivity index (χ4v) is 12.3. The number of carbonyl (C=O) groups excluding carboxylic acids is 5. The van der Waals surface area contributed by atoms with E-state index in [0.717, 1.165) is 96.1 Å². The Labute approximate surface area is 622 Å². The molecule has 7 aromatic heterocycles. The van der Waals surface area contributed by atoms with E-state index in [2.05, 4.69) is 89.2 Å². The normalized spacial score (nSPS) is 15.7. The van der Waals surface area contributed by atoms with Gasteiger partial charge in [0.05, 0.1) is 63.7 Å². The number of hydrogen-bond acceptors (Lipinski definition) is 17. The van der Waals surface area contributed by atoms with Crippen LogP contribution in [0.1, 0.15) is 104 Å². The molecule has 0 radical (unpaired) electrons. The first-order valence-electron chi connectivity index (χ1n) is 32.8. The molecule has 13 N–H and O–H groups in total. The molecule has 30 heteroatoms. The molecule has 1 unspecified atom stereocenters. The molecule has 106 heavy (non-hydrogen) atoms. The van der Waals surface area contributed by atoms with Gasteiger partial charge in [-0.1, -0.05) is 60.7 Å². The molecule has 0 saturated heterocycles. The van der Waals surface area contributed by atoms with Gasteiger partial charge in [0.25, 0.3) is 17.7 Å². The molecule has 2 saturated carbocycles. The van der Waals surface area contributed by atoms with E-state index in [1.54, 1.807) is 113 Å². The Hall–Kier alpha value is -12.4. The van der Waals surface area contributed by atoms with Gasteiger partial charge in [0.2, 0.25) is 5.91 Å². The first-order valence-corrected chi connectivity index (χ1v) is 33.9. The summed E-state index contributed by atoms with van der Waals surface area (Å²) in [5.74, 6) is -1.30. The highest BCUT2D eigenvalue weighted by molar-refractivity contribution is 6.58. The van der Waals surface area contributed by atoms with Crippen LogP contribution in [0.25, 0.3) is 66.5 Å². The number of alkyl halides is 2. The van der Waals surface area contributed by atoms with E-state index in [1.165, 1.54) is 18.0 Å². The monoisotopic (exact) mass is 1480 g/mol. The summed E-state index contributed by atoms with van der Waals surface area (Å²) in [4.78, 5) is 98.8. The number of hydrazone groups is 3. The largest absolute Gasteiger partial charge is 0.488 e. The van der Waals surface area contributed by atoms with Crippen LogP contribution in [-0.2, 0) is 14.3 Å². The average Bonchev–Trinajstić information content (AvgIpc) is 1.60. The Bertz CT molecular complexity index is 5300. The van der Waals surface area contributed by atoms with E-state index in [9.17, 15) is 28.8 Å². The van der Waals surface area contributed by atoms with Gasteiger partial charge in [0.1, 0.15) is 5.60 Å². The van der Waals surface area contributed by atoms with Gasteiger partial charge in [-0.05, 0) is 147 Å². The van der Waals surface area contributed by atoms with E-state index < -0.39 is 24.8 Å². The molecular weight excluding hydrogens is 1410 g/mol. The number of carboxylic acids is 1. The third-order valence-electron chi connectivity index (χ3n) is 17.2. The van der Waals surface area contributed by atoms with Gasteiger partial charge in [0, 0.05) is 139 Å². The maximum absolute atomic E-state index is 12.9. The Morgan fingerprint density at radius 3 is 1.25 bits per heavy atom. The minimum Gasteiger partial charge on any atom is -0.481 e. The van der Waals surface area contributed by atoms with Gasteiger partial charge in [-0.15, -0.1) is 35.6 Å². The van der Waals surface area contributed by atoms with Crippen LogP contribution in [0.2, 0.25) is 0 Å². The van der Waals surface area contributed by atoms with E-state index in [0.29, 0.717) is 44.7 Å². The maximum Gasteiger partial charge on any atom is 0.488 e. The number of ether oxygens (including phenoxy) is 1. The van der Waals surface area contributed by atoms with Crippen molar-refractivity contribution in [2.75, 3.05) is 21.7 Å². The van der Waals surface area contributed by atoms with Crippen molar-refractivity contribution in [3.05, 3.63) is 240 Å². The number of halogens is 3. The minimum atomic E-state index is -1.38. The molecule has 2 aliphatic carbocycles. The second-order valence-electron chi connectivity index (χ2n) is 25.4. The predicted octanol–water partition coefficient (Wildman–Crippen LogP) is 12.1. The van der Waals surface area contributed by atoms with Crippen LogP contribution < -0.4 is 38.1 Å². The lowest BCUT2D eigenvalue weighted by atomic mass is 9.81. The summed E-state index contributed by atoms with van der Waals surface area (Å²) in [6, 6.07) is 44.8. The van der Waals surface area contributed by atoms with Crippen LogP contribution in [0.5, 0.6) is 0 Å². The molecule has 12 aromatic rings. The topological polar surface area (TPSA) is 395 Å². The molecular formula is C76H68BCl3N16O10. The summed E-state index contributed by atoms with van der Waals surface area (Å²) in [5.41, 5.74) is 28.7. The van der Waals surface area contributed by atoms with Crippen molar-refractivity contribution in [2.45, 2.75) is 51.0 Å². The number of amides is 5. The molecule has 5 amide bonds. The Morgan fingerprint density at radius 2 is 0.887 bits per heavy atom. The molecule has 5 aromatic carbocycles. The second kappa shape index (κ2) is 33.4. The van der Waals surface area contributed by atoms with Crippen molar-refractivity contribution in [3.63, 3.8) is 0 Å². The second-order valence-corrected chi connectivity index (χ2v) is 26.2. The Morgan fingerprint density at radius 1 is 0.528 bits per heavy atom. The molecule has 5 aliphatic rings. The summed E-state index contributed by atoms with van der Waals surface area (Å²) in [7, 11) is -1.38. The van der Waals surface area contributed by atoms with Crippen molar-refractivity contribution < 1.29 is 48.7 Å². The molecule has 17 rings (SSSR count). The van der Waals surface area contributed by atoms with Gasteiger partial charge in [-0.2, -0.15) is 15.3 Å². The first kappa shape index (κ1) is 74.8. The third kappa shape index (κ3) is 17.6. The van der Waals surface area contributed by atoms with Crippen LogP contribution in [0.3, 0.4) is 0 Å². The number of nitrogens with zero attached hydrogens (tertiary/aromatic N) is 7. The smallest absolute Gasteiger partial charge is 0.481 e. The van der Waals surface area contributed by atoms with Crippen molar-refractivity contribution >= 4 is 152 Å². The van der Waals surface area contributed by atoms with Gasteiger partial charge in [0.15, 0.2) is 0 Å². The Kier molecular flexibility index (Phi) is 23.5. The lowest BCUT2D eigenvalue weighted by molar-refractivity contribution is -0.138. The van der Waals surface area contributed by atoms with Crippen LogP contribution >= 0.6 is 35.6 Å². The molecule has 536 valence electrons. The molecule has 4 atom stereocenters. The number of aromatic amines is 3. The highest BCUT2D eigenvalue weighted by atomic mass is 35.5. The number of hydrogen-bond donors (Lipinski definition) is 12. The van der Waals surface area contributed by atoms with Gasteiger partial charge >= 0.3 is 19.2 Å². The Balaban J connectivity index is 0.000000138. The van der Waals surface area contributed by atoms with E-state index in [1.807, 2.05) is 97.1 Å². The third-order valence-corrected chi connectivity index (χ3v) is 17.2. The number of nitrogens with one attached hydrogen (secondary N) is 8. The number of rotatable bonds is 10. The van der Waals surface area contributed by atoms with Crippen LogP contribution in [0, 0.1) is 11.8 Å². The zero-order chi connectivity index (χ0) is 73.9. The van der Waals surface area contributed by atoms with Crippen LogP contribution in [-0.4, -0.2) is 122 Å². The predicted molar refractivity (Wildman–Crippen MR) is 413 cm³/mol. The van der Waals surface area contributed by atoms with Crippen molar-refractivity contribution in [3.8, 4) is 33.8 Å². The molecule has 0 spiro atoms. The fourth-order valence-electron chi connectivity index (χ4n) is 12.3. The summed E-state index contributed by atoms with van der Waals surface area (Å²) >= 11 is 9.53. The van der Waals surface area contributed by atoms with Crippen LogP contribution in [0.15, 0.2) is 210 Å². The highest BCUT2D eigenvalue weighted by Crippen LogP contribution is 2.49. The number of H-pyrrole nitrogens is 3. The lowest BCUT2D eigenvalue weighted by Gasteiger charge is -2.19. The number of nitrogens with two attached hydrogens (primary N) is 1. The number of carbonyl (C=O) groups is 6. The van der Waals surface area contributed by atoms with Crippen LogP contribution in [0.4, 0.5) is 21.9 Å². The SMILES string of the molecule is CC(C)(C)OC(=O)Nc1cc2c3c(c(-c4ccncc4)[nH]c3c1)C=NNC2=O.Cl.ClCCl.Nc1cc2c3c(c(-c4ccncc4)[nH]c3c1)C=NNC2=O.O=C(O)C1C[C@H]1c1ccccc1.O=C1NN=Cc2c(-c3ccncc3)[nH]c3cc(NC(=O)[C@@H]4C[C@H]4c4ccccc4)cc1c23.OB(O)c1ccncc1. The average molecular weight is 1480 g/mol. The number of carboxylic acid groups (broad SMARTS) is 1. The number of aliphatic carboxylic acids is 1. The summed E-state index contributed by atoms with van der Waals surface area (Å²) in [5, 5.41) is 46.1. The minimum absolute atomic E-state index is 0. The zero-order valence-corrected chi connectivity index (χ0v) is 59.1. The van der Waals surface area contributed by atoms with E-state index >= 15 is 0 Å². The molecule has 2 fully saturated rings. The van der Waals surface area contributed by atoms with E-state index in [-0.39, 0.29) is 65.0 Å². The number of aromatic nitrogens is 7. The number of anilines is 3. The van der Waals surface area contributed by atoms with Gasteiger partial charge in [-0.25, -0.2) is 21.1 Å². The summed E-state index contributed by atoms with van der Waals surface area (Å²) in [6.07, 6.45) is 19.3. The highest BCUT2D eigenvalue weighted by Gasteiger charge is 2.45. The summed E-state index contributed by atoms with van der Waals surface area (Å²) < 4.78 is 5.30. The molecule has 0 bridgehead atoms. The quantitative estimate of drug-likeness (QED) is 0.0344.